The molecule has 0 bridgehead atoms. The van der Waals surface area contributed by atoms with E-state index in [0.717, 1.165) is 95.8 Å². The normalized spacial score (nSPS) is 14.1. The van der Waals surface area contributed by atoms with Crippen LogP contribution in [0.1, 0.15) is 439 Å². The molecule has 0 saturated carbocycles. The molecule has 0 spiro atoms. The monoisotopic (exact) mass is 1480 g/mol. The maximum atomic E-state index is 13.1. The van der Waals surface area contributed by atoms with Gasteiger partial charge >= 0.3 is 39.5 Å². The molecule has 0 aromatic carbocycles. The van der Waals surface area contributed by atoms with E-state index in [-0.39, 0.29) is 25.7 Å². The average molecular weight is 1480 g/mol. The Morgan fingerprint density at radius 3 is 0.703 bits per heavy atom. The van der Waals surface area contributed by atoms with Crippen molar-refractivity contribution in [2.45, 2.75) is 457 Å². The molecule has 101 heavy (non-hydrogen) atoms. The minimum atomic E-state index is -4.96. The minimum Gasteiger partial charge on any atom is -0.462 e. The van der Waals surface area contributed by atoms with E-state index in [4.69, 9.17) is 37.0 Å². The van der Waals surface area contributed by atoms with Gasteiger partial charge in [0.1, 0.15) is 19.3 Å². The van der Waals surface area contributed by atoms with Gasteiger partial charge in [0.05, 0.1) is 26.4 Å². The standard InChI is InChI=1S/C82H160O17P2/c1-6-10-13-16-19-22-24-25-26-27-28-32-35-38-42-46-51-56-61-66-80(85)93-72-78(99-82(87)68-63-58-53-48-43-39-36-33-30-29-31-34-37-41-45-49-54-59-64-75(5)9-4)74-97-101(90,91)95-70-76(83)69-94-100(88,89)96-73-77(71-92-79(84)65-60-55-50-44-21-18-15-12-8-3)98-81(86)67-62-57-52-47-40-23-20-17-14-11-7-2/h75-78,83H,6-74H2,1-5H3,(H,88,89)(H,90,91)/t75?,76-,77+,78+/m0/s1. The van der Waals surface area contributed by atoms with Crippen LogP contribution in [0.3, 0.4) is 0 Å². The summed E-state index contributed by atoms with van der Waals surface area (Å²) >= 11 is 0. The van der Waals surface area contributed by atoms with Crippen molar-refractivity contribution < 1.29 is 80.2 Å². The number of phosphoric ester groups is 2. The lowest BCUT2D eigenvalue weighted by Gasteiger charge is -2.21. The smallest absolute Gasteiger partial charge is 0.462 e. The Bertz CT molecular complexity index is 1930. The summed E-state index contributed by atoms with van der Waals surface area (Å²) in [5.74, 6) is -1.24. The highest BCUT2D eigenvalue weighted by Crippen LogP contribution is 2.45. The second-order valence-corrected chi connectivity index (χ2v) is 32.7. The molecule has 0 amide bonds. The van der Waals surface area contributed by atoms with E-state index < -0.39 is 97.5 Å². The molecule has 0 rings (SSSR count). The van der Waals surface area contributed by atoms with E-state index in [9.17, 15) is 43.2 Å². The number of aliphatic hydroxyl groups is 1. The van der Waals surface area contributed by atoms with Gasteiger partial charge in [-0.25, -0.2) is 9.13 Å². The molecule has 17 nitrogen and oxygen atoms in total. The van der Waals surface area contributed by atoms with Crippen molar-refractivity contribution in [2.24, 2.45) is 5.92 Å². The number of carbonyl (C=O) groups excluding carboxylic acids is 4. The molecule has 0 radical (unpaired) electrons. The summed E-state index contributed by atoms with van der Waals surface area (Å²) in [6.45, 7) is 7.38. The molecule has 19 heteroatoms. The van der Waals surface area contributed by atoms with Crippen molar-refractivity contribution in [3.63, 3.8) is 0 Å². The number of hydrogen-bond donors (Lipinski definition) is 3. The summed E-state index contributed by atoms with van der Waals surface area (Å²) in [5.41, 5.74) is 0. The van der Waals surface area contributed by atoms with E-state index in [0.29, 0.717) is 25.7 Å². The van der Waals surface area contributed by atoms with Gasteiger partial charge in [-0.3, -0.25) is 37.3 Å². The zero-order valence-electron chi connectivity index (χ0n) is 66.1. The summed E-state index contributed by atoms with van der Waals surface area (Å²) in [7, 11) is -9.91. The number of phosphoric acid groups is 2. The number of aliphatic hydroxyl groups excluding tert-OH is 1. The molecule has 600 valence electrons. The molecule has 0 fully saturated rings. The number of unbranched alkanes of at least 4 members (excludes halogenated alkanes) is 53. The fourth-order valence-corrected chi connectivity index (χ4v) is 14.3. The average Bonchev–Trinajstić information content (AvgIpc) is 0.925. The van der Waals surface area contributed by atoms with E-state index in [2.05, 4.69) is 34.6 Å². The van der Waals surface area contributed by atoms with Crippen LogP contribution in [0.5, 0.6) is 0 Å². The quantitative estimate of drug-likeness (QED) is 0.0222. The molecule has 0 aliphatic rings. The summed E-state index contributed by atoms with van der Waals surface area (Å²) in [6.07, 6.45) is 66.7. The van der Waals surface area contributed by atoms with Crippen LogP contribution in [0.15, 0.2) is 0 Å². The minimum absolute atomic E-state index is 0.107. The van der Waals surface area contributed by atoms with Gasteiger partial charge < -0.3 is 33.8 Å². The molecular weight excluding hydrogens is 1320 g/mol. The van der Waals surface area contributed by atoms with Crippen LogP contribution in [0.4, 0.5) is 0 Å². The van der Waals surface area contributed by atoms with Crippen LogP contribution in [0.2, 0.25) is 0 Å². The SMILES string of the molecule is CCCCCCCCCCCCCCCCCCCCCC(=O)OC[C@H](COP(=O)(O)OC[C@@H](O)COP(=O)(O)OC[C@@H](COC(=O)CCCCCCCCCCC)OC(=O)CCCCCCCCCCCCC)OC(=O)CCCCCCCCCCCCCCCCCCCCC(C)CC. The van der Waals surface area contributed by atoms with E-state index in [1.807, 2.05) is 0 Å². The Balaban J connectivity index is 5.18. The zero-order chi connectivity index (χ0) is 74.1. The van der Waals surface area contributed by atoms with Gasteiger partial charge in [-0.05, 0) is 31.6 Å². The third-order valence-corrected chi connectivity index (χ3v) is 21.5. The van der Waals surface area contributed by atoms with Crippen molar-refractivity contribution in [3.05, 3.63) is 0 Å². The number of rotatable bonds is 82. The van der Waals surface area contributed by atoms with Crippen LogP contribution >= 0.6 is 15.6 Å². The lowest BCUT2D eigenvalue weighted by Crippen LogP contribution is -2.30. The summed E-state index contributed by atoms with van der Waals surface area (Å²) in [5, 5.41) is 10.6. The van der Waals surface area contributed by atoms with Gasteiger partial charge in [0.25, 0.3) is 0 Å². The van der Waals surface area contributed by atoms with E-state index >= 15 is 0 Å². The molecule has 0 aliphatic carbocycles. The number of carbonyl (C=O) groups is 4. The number of ether oxygens (including phenoxy) is 4. The molecule has 3 N–H and O–H groups in total. The van der Waals surface area contributed by atoms with E-state index in [1.54, 1.807) is 0 Å². The van der Waals surface area contributed by atoms with Crippen molar-refractivity contribution in [3.8, 4) is 0 Å². The van der Waals surface area contributed by atoms with Crippen LogP contribution in [0.25, 0.3) is 0 Å². The predicted octanol–water partition coefficient (Wildman–Crippen LogP) is 24.8. The Hall–Kier alpha value is -1.94. The Kier molecular flexibility index (Phi) is 73.5. The first-order valence-corrected chi connectivity index (χ1v) is 45.7. The maximum absolute atomic E-state index is 13.1. The number of hydrogen-bond acceptors (Lipinski definition) is 15. The molecule has 0 heterocycles. The van der Waals surface area contributed by atoms with Crippen molar-refractivity contribution >= 4 is 39.5 Å². The van der Waals surface area contributed by atoms with Crippen LogP contribution in [0, 0.1) is 5.92 Å². The van der Waals surface area contributed by atoms with Crippen molar-refractivity contribution in [1.82, 2.24) is 0 Å². The van der Waals surface area contributed by atoms with Crippen LogP contribution in [-0.4, -0.2) is 96.7 Å². The first-order valence-electron chi connectivity index (χ1n) is 42.7. The fraction of sp³-hybridized carbons (Fsp3) is 0.951. The van der Waals surface area contributed by atoms with Crippen molar-refractivity contribution in [2.75, 3.05) is 39.6 Å². The van der Waals surface area contributed by atoms with Gasteiger partial charge in [0.15, 0.2) is 12.2 Å². The Labute approximate surface area is 619 Å². The molecule has 6 atom stereocenters. The van der Waals surface area contributed by atoms with Gasteiger partial charge in [0, 0.05) is 25.7 Å². The summed E-state index contributed by atoms with van der Waals surface area (Å²) < 4.78 is 68.6. The molecule has 0 aliphatic heterocycles. The van der Waals surface area contributed by atoms with Crippen molar-refractivity contribution in [1.29, 1.82) is 0 Å². The van der Waals surface area contributed by atoms with Gasteiger partial charge in [-0.2, -0.15) is 0 Å². The van der Waals surface area contributed by atoms with Crippen LogP contribution < -0.4 is 0 Å². The number of esters is 4. The predicted molar refractivity (Wildman–Crippen MR) is 414 cm³/mol. The maximum Gasteiger partial charge on any atom is 0.472 e. The Morgan fingerprint density at radius 2 is 0.475 bits per heavy atom. The highest BCUT2D eigenvalue weighted by Gasteiger charge is 2.30. The topological polar surface area (TPSA) is 237 Å². The highest BCUT2D eigenvalue weighted by atomic mass is 31.2. The van der Waals surface area contributed by atoms with Gasteiger partial charge in [0.2, 0.25) is 0 Å². The Morgan fingerprint density at radius 1 is 0.277 bits per heavy atom. The van der Waals surface area contributed by atoms with Crippen LogP contribution in [-0.2, 0) is 65.4 Å². The first kappa shape index (κ1) is 99.1. The fourth-order valence-electron chi connectivity index (χ4n) is 12.7. The molecule has 0 aromatic rings. The molecule has 0 saturated heterocycles. The molecular formula is C82H160O17P2. The second-order valence-electron chi connectivity index (χ2n) is 29.8. The third-order valence-electron chi connectivity index (χ3n) is 19.6. The third kappa shape index (κ3) is 74.7. The summed E-state index contributed by atoms with van der Waals surface area (Å²) in [6, 6.07) is 0. The lowest BCUT2D eigenvalue weighted by molar-refractivity contribution is -0.161. The van der Waals surface area contributed by atoms with E-state index in [1.165, 1.54) is 263 Å². The first-order chi connectivity index (χ1) is 49.1. The highest BCUT2D eigenvalue weighted by molar-refractivity contribution is 7.47. The van der Waals surface area contributed by atoms with Gasteiger partial charge in [-0.15, -0.1) is 0 Å². The largest absolute Gasteiger partial charge is 0.472 e. The lowest BCUT2D eigenvalue weighted by atomic mass is 9.99. The zero-order valence-corrected chi connectivity index (χ0v) is 67.8. The van der Waals surface area contributed by atoms with Gasteiger partial charge in [-0.1, -0.05) is 388 Å². The summed E-state index contributed by atoms with van der Waals surface area (Å²) in [4.78, 5) is 72.9. The molecule has 0 aromatic heterocycles. The second kappa shape index (κ2) is 74.9. The molecule has 3 unspecified atom stereocenters.